The fourth-order valence-electron chi connectivity index (χ4n) is 2.24. The van der Waals surface area contributed by atoms with Crippen LogP contribution >= 0.6 is 0 Å². The SMILES string of the molecule is O=Nc1ccc(O)c(C=Nc2cccc(-c3ccccc3)c2)c1. The van der Waals surface area contributed by atoms with Gasteiger partial charge in [0.05, 0.1) is 5.69 Å². The van der Waals surface area contributed by atoms with Crippen LogP contribution in [0.3, 0.4) is 0 Å². The lowest BCUT2D eigenvalue weighted by atomic mass is 10.1. The molecule has 3 aromatic carbocycles. The third-order valence-electron chi connectivity index (χ3n) is 3.42. The van der Waals surface area contributed by atoms with Crippen molar-refractivity contribution in [2.45, 2.75) is 0 Å². The summed E-state index contributed by atoms with van der Waals surface area (Å²) in [5.74, 6) is 0.0559. The fraction of sp³-hybridized carbons (Fsp3) is 0. The van der Waals surface area contributed by atoms with Crippen molar-refractivity contribution < 1.29 is 5.11 Å². The predicted octanol–water partition coefficient (Wildman–Crippen LogP) is 5.21. The van der Waals surface area contributed by atoms with Gasteiger partial charge in [0.25, 0.3) is 0 Å². The second kappa shape index (κ2) is 6.66. The van der Waals surface area contributed by atoms with Crippen molar-refractivity contribution in [3.8, 4) is 16.9 Å². The van der Waals surface area contributed by atoms with E-state index in [-0.39, 0.29) is 11.4 Å². The maximum Gasteiger partial charge on any atom is 0.124 e. The van der Waals surface area contributed by atoms with Gasteiger partial charge in [0, 0.05) is 11.8 Å². The van der Waals surface area contributed by atoms with Crippen molar-refractivity contribution in [2.24, 2.45) is 10.2 Å². The van der Waals surface area contributed by atoms with Gasteiger partial charge >= 0.3 is 0 Å². The van der Waals surface area contributed by atoms with Gasteiger partial charge in [0.15, 0.2) is 0 Å². The Bertz CT molecular complexity index is 858. The smallest absolute Gasteiger partial charge is 0.124 e. The van der Waals surface area contributed by atoms with Crippen molar-refractivity contribution in [3.63, 3.8) is 0 Å². The number of nitroso groups, excluding NO2 is 1. The zero-order valence-electron chi connectivity index (χ0n) is 12.3. The molecule has 0 saturated carbocycles. The first-order chi connectivity index (χ1) is 11.3. The van der Waals surface area contributed by atoms with Crippen LogP contribution in [0.15, 0.2) is 83.0 Å². The molecule has 23 heavy (non-hydrogen) atoms. The van der Waals surface area contributed by atoms with Gasteiger partial charge in [-0.1, -0.05) is 42.5 Å². The molecular formula is C19H14N2O2. The summed E-state index contributed by atoms with van der Waals surface area (Å²) >= 11 is 0. The largest absolute Gasteiger partial charge is 0.507 e. The van der Waals surface area contributed by atoms with Gasteiger partial charge in [0.2, 0.25) is 0 Å². The third-order valence-corrected chi connectivity index (χ3v) is 3.42. The fourth-order valence-corrected chi connectivity index (χ4v) is 2.24. The molecule has 0 aliphatic rings. The summed E-state index contributed by atoms with van der Waals surface area (Å²) in [6, 6.07) is 22.2. The van der Waals surface area contributed by atoms with E-state index in [1.165, 1.54) is 24.4 Å². The van der Waals surface area contributed by atoms with Crippen LogP contribution in [0.2, 0.25) is 0 Å². The Morgan fingerprint density at radius 2 is 1.57 bits per heavy atom. The van der Waals surface area contributed by atoms with Crippen molar-refractivity contribution >= 4 is 17.6 Å². The second-order valence-corrected chi connectivity index (χ2v) is 5.01. The van der Waals surface area contributed by atoms with Crippen molar-refractivity contribution in [3.05, 3.63) is 83.3 Å². The molecule has 0 amide bonds. The molecule has 3 rings (SSSR count). The highest BCUT2D eigenvalue weighted by Gasteiger charge is 2.01. The molecule has 0 radical (unpaired) electrons. The average molecular weight is 302 g/mol. The minimum Gasteiger partial charge on any atom is -0.507 e. The Morgan fingerprint density at radius 1 is 0.783 bits per heavy atom. The summed E-state index contributed by atoms with van der Waals surface area (Å²) in [6.45, 7) is 0. The number of rotatable bonds is 4. The van der Waals surface area contributed by atoms with Crippen LogP contribution in [0.1, 0.15) is 5.56 Å². The Morgan fingerprint density at radius 3 is 2.35 bits per heavy atom. The van der Waals surface area contributed by atoms with Gasteiger partial charge in [-0.25, -0.2) is 0 Å². The summed E-state index contributed by atoms with van der Waals surface area (Å²) in [6.07, 6.45) is 1.52. The molecule has 4 nitrogen and oxygen atoms in total. The molecule has 112 valence electrons. The molecule has 1 N–H and O–H groups in total. The molecule has 0 heterocycles. The predicted molar refractivity (Wildman–Crippen MR) is 92.7 cm³/mol. The lowest BCUT2D eigenvalue weighted by Crippen LogP contribution is -1.82. The maximum absolute atomic E-state index is 10.6. The molecule has 0 aliphatic heterocycles. The van der Waals surface area contributed by atoms with E-state index in [1.54, 1.807) is 0 Å². The van der Waals surface area contributed by atoms with E-state index in [1.807, 2.05) is 54.6 Å². The average Bonchev–Trinajstić information content (AvgIpc) is 2.62. The van der Waals surface area contributed by atoms with Crippen LogP contribution < -0.4 is 0 Å². The summed E-state index contributed by atoms with van der Waals surface area (Å²) in [5, 5.41) is 12.7. The van der Waals surface area contributed by atoms with Gasteiger partial charge < -0.3 is 5.11 Å². The van der Waals surface area contributed by atoms with Crippen LogP contribution in [0.5, 0.6) is 5.75 Å². The third kappa shape index (κ3) is 3.49. The lowest BCUT2D eigenvalue weighted by Gasteiger charge is -2.03. The van der Waals surface area contributed by atoms with Crippen molar-refractivity contribution in [2.75, 3.05) is 0 Å². The molecule has 0 aliphatic carbocycles. The maximum atomic E-state index is 10.6. The number of hydrogen-bond donors (Lipinski definition) is 1. The summed E-state index contributed by atoms with van der Waals surface area (Å²) in [4.78, 5) is 14.9. The molecule has 0 fully saturated rings. The number of phenols is 1. The highest BCUT2D eigenvalue weighted by atomic mass is 16.3. The van der Waals surface area contributed by atoms with E-state index in [9.17, 15) is 10.0 Å². The summed E-state index contributed by atoms with van der Waals surface area (Å²) in [7, 11) is 0. The zero-order valence-corrected chi connectivity index (χ0v) is 12.3. The molecule has 0 unspecified atom stereocenters. The Hall–Kier alpha value is -3.27. The van der Waals surface area contributed by atoms with Crippen molar-refractivity contribution in [1.82, 2.24) is 0 Å². The number of phenolic OH excluding ortho intramolecular Hbond substituents is 1. The molecule has 3 aromatic rings. The zero-order chi connectivity index (χ0) is 16.1. The van der Waals surface area contributed by atoms with E-state index >= 15 is 0 Å². The van der Waals surface area contributed by atoms with E-state index in [4.69, 9.17) is 0 Å². The monoisotopic (exact) mass is 302 g/mol. The number of aromatic hydroxyl groups is 1. The molecule has 0 spiro atoms. The van der Waals surface area contributed by atoms with E-state index < -0.39 is 0 Å². The van der Waals surface area contributed by atoms with Crippen molar-refractivity contribution in [1.29, 1.82) is 0 Å². The minimum absolute atomic E-state index is 0.0559. The van der Waals surface area contributed by atoms with Crippen LogP contribution in [0.25, 0.3) is 11.1 Å². The van der Waals surface area contributed by atoms with E-state index in [0.717, 1.165) is 16.8 Å². The molecule has 0 aromatic heterocycles. The Kier molecular flexibility index (Phi) is 4.25. The van der Waals surface area contributed by atoms with E-state index in [0.29, 0.717) is 5.56 Å². The molecule has 0 atom stereocenters. The second-order valence-electron chi connectivity index (χ2n) is 5.01. The van der Waals surface area contributed by atoms with Gasteiger partial charge in [-0.2, -0.15) is 0 Å². The van der Waals surface area contributed by atoms with Crippen LogP contribution in [0.4, 0.5) is 11.4 Å². The van der Waals surface area contributed by atoms with Gasteiger partial charge in [-0.05, 0) is 46.6 Å². The normalized spacial score (nSPS) is 10.8. The van der Waals surface area contributed by atoms with Crippen LogP contribution in [0, 0.1) is 4.91 Å². The number of aliphatic imine (C=N–C) groups is 1. The van der Waals surface area contributed by atoms with E-state index in [2.05, 4.69) is 10.2 Å². The first-order valence-corrected chi connectivity index (χ1v) is 7.12. The molecule has 0 bridgehead atoms. The molecule has 0 saturated heterocycles. The van der Waals surface area contributed by atoms with Crippen LogP contribution in [-0.4, -0.2) is 11.3 Å². The molecule has 4 heteroatoms. The summed E-state index contributed by atoms with van der Waals surface area (Å²) in [5.41, 5.74) is 3.64. The highest BCUT2D eigenvalue weighted by molar-refractivity contribution is 5.87. The topological polar surface area (TPSA) is 62.0 Å². The van der Waals surface area contributed by atoms with Crippen LogP contribution in [-0.2, 0) is 0 Å². The Labute approximate surface area is 133 Å². The highest BCUT2D eigenvalue weighted by Crippen LogP contribution is 2.25. The van der Waals surface area contributed by atoms with Gasteiger partial charge in [0.1, 0.15) is 11.4 Å². The number of benzene rings is 3. The quantitative estimate of drug-likeness (QED) is 0.531. The minimum atomic E-state index is 0.0559. The Balaban J connectivity index is 1.90. The molecular weight excluding hydrogens is 288 g/mol. The first-order valence-electron chi connectivity index (χ1n) is 7.12. The summed E-state index contributed by atoms with van der Waals surface area (Å²) < 4.78 is 0. The first kappa shape index (κ1) is 14.7. The standard InChI is InChI=1S/C19H14N2O2/c22-19-10-9-18(21-23)12-16(19)13-20-17-8-4-7-15(11-17)14-5-2-1-3-6-14/h1-13,22H. The number of hydrogen-bond acceptors (Lipinski definition) is 4. The van der Waals surface area contributed by atoms with Gasteiger partial charge in [-0.3, -0.25) is 4.99 Å². The number of nitrogens with zero attached hydrogens (tertiary/aromatic N) is 2. The van der Waals surface area contributed by atoms with Gasteiger partial charge in [-0.15, -0.1) is 4.91 Å². The lowest BCUT2D eigenvalue weighted by molar-refractivity contribution is 0.474.